The zero-order chi connectivity index (χ0) is 13.6. The quantitative estimate of drug-likeness (QED) is 0.723. The third-order valence-electron chi connectivity index (χ3n) is 3.72. The minimum absolute atomic E-state index is 0.390. The maximum Gasteiger partial charge on any atom is 0.279 e. The van der Waals surface area contributed by atoms with Gasteiger partial charge in [-0.25, -0.2) is 4.72 Å². The molecule has 1 unspecified atom stereocenters. The van der Waals surface area contributed by atoms with Gasteiger partial charge in [0.1, 0.15) is 0 Å². The van der Waals surface area contributed by atoms with Crippen LogP contribution in [0.15, 0.2) is 0 Å². The Labute approximate surface area is 112 Å². The molecule has 0 bridgehead atoms. The molecule has 0 aliphatic carbocycles. The Hall–Kier alpha value is -0.170. The lowest BCUT2D eigenvalue weighted by molar-refractivity contribution is 0.267. The molecule has 0 aromatic heterocycles. The minimum Gasteiger partial charge on any atom is -0.319 e. The van der Waals surface area contributed by atoms with Crippen LogP contribution in [-0.4, -0.2) is 45.9 Å². The second kappa shape index (κ2) is 7.43. The van der Waals surface area contributed by atoms with E-state index in [0.717, 1.165) is 25.8 Å². The SMILES string of the molecule is CCC(C)CNS(=O)(=O)N1CCC(CNC)CC1. The zero-order valence-electron chi connectivity index (χ0n) is 11.8. The number of nitrogens with one attached hydrogen (secondary N) is 2. The Bertz CT molecular complexity index is 324. The highest BCUT2D eigenvalue weighted by molar-refractivity contribution is 7.87. The molecule has 0 radical (unpaired) electrons. The van der Waals surface area contributed by atoms with Crippen molar-refractivity contribution in [2.24, 2.45) is 11.8 Å². The van der Waals surface area contributed by atoms with Crippen molar-refractivity contribution in [1.82, 2.24) is 14.3 Å². The fourth-order valence-electron chi connectivity index (χ4n) is 2.13. The Kier molecular flexibility index (Phi) is 6.55. The second-order valence-corrected chi connectivity index (χ2v) is 7.02. The van der Waals surface area contributed by atoms with Crippen molar-refractivity contribution >= 4 is 10.2 Å². The molecule has 1 saturated heterocycles. The fourth-order valence-corrected chi connectivity index (χ4v) is 3.49. The van der Waals surface area contributed by atoms with Gasteiger partial charge in [0.05, 0.1) is 0 Å². The maximum absolute atomic E-state index is 12.1. The lowest BCUT2D eigenvalue weighted by atomic mass is 9.98. The molecule has 1 heterocycles. The number of piperidine rings is 1. The van der Waals surface area contributed by atoms with Crippen LogP contribution < -0.4 is 10.0 Å². The summed E-state index contributed by atoms with van der Waals surface area (Å²) in [7, 11) is -1.32. The lowest BCUT2D eigenvalue weighted by Crippen LogP contribution is -2.46. The number of rotatable bonds is 7. The van der Waals surface area contributed by atoms with Gasteiger partial charge in [-0.1, -0.05) is 20.3 Å². The van der Waals surface area contributed by atoms with Gasteiger partial charge >= 0.3 is 0 Å². The summed E-state index contributed by atoms with van der Waals surface area (Å²) in [6, 6.07) is 0. The first-order valence-corrected chi connectivity index (χ1v) is 8.33. The van der Waals surface area contributed by atoms with E-state index in [0.29, 0.717) is 31.5 Å². The van der Waals surface area contributed by atoms with E-state index in [1.54, 1.807) is 4.31 Å². The molecule has 0 spiro atoms. The van der Waals surface area contributed by atoms with Crippen LogP contribution in [0.5, 0.6) is 0 Å². The van der Waals surface area contributed by atoms with Crippen LogP contribution in [0.2, 0.25) is 0 Å². The molecular formula is C12H27N3O2S. The second-order valence-electron chi connectivity index (χ2n) is 5.27. The molecule has 2 N–H and O–H groups in total. The van der Waals surface area contributed by atoms with Crippen LogP contribution in [0.4, 0.5) is 0 Å². The number of nitrogens with zero attached hydrogens (tertiary/aromatic N) is 1. The molecule has 0 amide bonds. The van der Waals surface area contributed by atoms with Gasteiger partial charge in [-0.3, -0.25) is 0 Å². The predicted molar refractivity (Wildman–Crippen MR) is 74.6 cm³/mol. The molecule has 1 fully saturated rings. The van der Waals surface area contributed by atoms with Gasteiger partial charge in [0.25, 0.3) is 10.2 Å². The van der Waals surface area contributed by atoms with E-state index in [1.165, 1.54) is 0 Å². The summed E-state index contributed by atoms with van der Waals surface area (Å²) < 4.78 is 28.4. The molecule has 108 valence electrons. The van der Waals surface area contributed by atoms with Crippen LogP contribution in [0, 0.1) is 11.8 Å². The number of hydrogen-bond acceptors (Lipinski definition) is 3. The first-order valence-electron chi connectivity index (χ1n) is 6.89. The fraction of sp³-hybridized carbons (Fsp3) is 1.00. The van der Waals surface area contributed by atoms with Crippen molar-refractivity contribution in [3.8, 4) is 0 Å². The van der Waals surface area contributed by atoms with E-state index in [1.807, 2.05) is 7.05 Å². The molecule has 1 aliphatic heterocycles. The summed E-state index contributed by atoms with van der Waals surface area (Å²) >= 11 is 0. The molecule has 1 atom stereocenters. The van der Waals surface area contributed by atoms with Gasteiger partial charge in [0.2, 0.25) is 0 Å². The molecular weight excluding hydrogens is 250 g/mol. The summed E-state index contributed by atoms with van der Waals surface area (Å²) in [6.45, 7) is 6.93. The summed E-state index contributed by atoms with van der Waals surface area (Å²) in [5.41, 5.74) is 0. The van der Waals surface area contributed by atoms with Crippen LogP contribution >= 0.6 is 0 Å². The predicted octanol–water partition coefficient (Wildman–Crippen LogP) is 0.798. The summed E-state index contributed by atoms with van der Waals surface area (Å²) in [5, 5.41) is 3.16. The van der Waals surface area contributed by atoms with Crippen molar-refractivity contribution in [2.75, 3.05) is 33.2 Å². The van der Waals surface area contributed by atoms with Gasteiger partial charge in [0.15, 0.2) is 0 Å². The van der Waals surface area contributed by atoms with Crippen LogP contribution in [0.3, 0.4) is 0 Å². The van der Waals surface area contributed by atoms with E-state index >= 15 is 0 Å². The number of hydrogen-bond donors (Lipinski definition) is 2. The van der Waals surface area contributed by atoms with Crippen molar-refractivity contribution < 1.29 is 8.42 Å². The van der Waals surface area contributed by atoms with Crippen LogP contribution in [0.1, 0.15) is 33.1 Å². The molecule has 1 rings (SSSR count). The highest BCUT2D eigenvalue weighted by Crippen LogP contribution is 2.18. The Morgan fingerprint density at radius 2 is 1.94 bits per heavy atom. The largest absolute Gasteiger partial charge is 0.319 e. The van der Waals surface area contributed by atoms with Gasteiger partial charge in [-0.2, -0.15) is 12.7 Å². The minimum atomic E-state index is -3.26. The first-order chi connectivity index (χ1) is 8.49. The third-order valence-corrected chi connectivity index (χ3v) is 5.29. The van der Waals surface area contributed by atoms with E-state index in [-0.39, 0.29) is 0 Å². The van der Waals surface area contributed by atoms with E-state index in [9.17, 15) is 8.42 Å². The van der Waals surface area contributed by atoms with Crippen LogP contribution in [0.25, 0.3) is 0 Å². The molecule has 5 nitrogen and oxygen atoms in total. The standard InChI is InChI=1S/C12H27N3O2S/c1-4-11(2)9-14-18(16,17)15-7-5-12(6-8-15)10-13-3/h11-14H,4-10H2,1-3H3. The van der Waals surface area contributed by atoms with Crippen molar-refractivity contribution in [3.63, 3.8) is 0 Å². The molecule has 0 aromatic carbocycles. The smallest absolute Gasteiger partial charge is 0.279 e. The van der Waals surface area contributed by atoms with Crippen molar-refractivity contribution in [3.05, 3.63) is 0 Å². The molecule has 18 heavy (non-hydrogen) atoms. The molecule has 1 aliphatic rings. The molecule has 0 aromatic rings. The van der Waals surface area contributed by atoms with E-state index in [4.69, 9.17) is 0 Å². The summed E-state index contributed by atoms with van der Waals surface area (Å²) in [5.74, 6) is 0.998. The van der Waals surface area contributed by atoms with Gasteiger partial charge in [-0.05, 0) is 38.3 Å². The van der Waals surface area contributed by atoms with Crippen molar-refractivity contribution in [1.29, 1.82) is 0 Å². The normalized spacial score (nSPS) is 21.1. The van der Waals surface area contributed by atoms with Gasteiger partial charge in [0, 0.05) is 19.6 Å². The Morgan fingerprint density at radius 1 is 1.33 bits per heavy atom. The average molecular weight is 277 g/mol. The molecule has 0 saturated carbocycles. The topological polar surface area (TPSA) is 61.4 Å². The van der Waals surface area contributed by atoms with Gasteiger partial charge < -0.3 is 5.32 Å². The Balaban J connectivity index is 2.40. The van der Waals surface area contributed by atoms with E-state index in [2.05, 4.69) is 23.9 Å². The van der Waals surface area contributed by atoms with Crippen LogP contribution in [-0.2, 0) is 10.2 Å². The summed E-state index contributed by atoms with van der Waals surface area (Å²) in [6.07, 6.45) is 2.89. The maximum atomic E-state index is 12.1. The zero-order valence-corrected chi connectivity index (χ0v) is 12.6. The highest BCUT2D eigenvalue weighted by Gasteiger charge is 2.27. The van der Waals surface area contributed by atoms with Crippen molar-refractivity contribution in [2.45, 2.75) is 33.1 Å². The highest BCUT2D eigenvalue weighted by atomic mass is 32.2. The lowest BCUT2D eigenvalue weighted by Gasteiger charge is -2.31. The third kappa shape index (κ3) is 4.84. The Morgan fingerprint density at radius 3 is 2.44 bits per heavy atom. The van der Waals surface area contributed by atoms with Gasteiger partial charge in [-0.15, -0.1) is 0 Å². The monoisotopic (exact) mass is 277 g/mol. The van der Waals surface area contributed by atoms with E-state index < -0.39 is 10.2 Å². The molecule has 6 heteroatoms. The average Bonchev–Trinajstić information content (AvgIpc) is 2.37. The summed E-state index contributed by atoms with van der Waals surface area (Å²) in [4.78, 5) is 0. The first kappa shape index (κ1) is 15.9.